The maximum absolute atomic E-state index is 12.9. The molecule has 98 heavy (non-hydrogen) atoms. The molecule has 1 saturated heterocycles. The SMILES string of the molecule is CCC(CC(CC(C)C(=O)OCCOC1CO1)C(=O)OCCOC)c1ccc(S(=O)(=O)O)cc1.CCC(CC(CC(C)c1ccccc1)C(=O)OCCOC)c1ccc(S(=O)(=O)O)cc1.CCCOC(=O)C(C)CC(CC(CC)c1ccc(S(=O)(=O)O)cc1)C(N)=O.COCC1CC1. The zero-order valence-electron chi connectivity index (χ0n) is 58.3. The van der Waals surface area contributed by atoms with Gasteiger partial charge in [-0.3, -0.25) is 37.6 Å². The van der Waals surface area contributed by atoms with Crippen molar-refractivity contribution in [1.29, 1.82) is 0 Å². The summed E-state index contributed by atoms with van der Waals surface area (Å²) >= 11 is 0. The molecular weight excluding hydrogens is 1330 g/mol. The molecule has 4 aromatic carbocycles. The van der Waals surface area contributed by atoms with Crippen LogP contribution in [0.3, 0.4) is 0 Å². The fraction of sp³-hybridized carbons (Fsp3) is 0.592. The summed E-state index contributed by atoms with van der Waals surface area (Å²) < 4.78 is 141. The average Bonchev–Trinajstić information content (AvgIpc) is 1.02. The van der Waals surface area contributed by atoms with Crippen LogP contribution in [0.5, 0.6) is 0 Å². The van der Waals surface area contributed by atoms with Gasteiger partial charge in [0.05, 0.1) is 64.8 Å². The Kier molecular flexibility index (Phi) is 39.3. The predicted octanol–water partition coefficient (Wildman–Crippen LogP) is 11.3. The van der Waals surface area contributed by atoms with Crippen LogP contribution in [-0.2, 0) is 97.0 Å². The monoisotopic (exact) mass is 1440 g/mol. The molecule has 2 fully saturated rings. The molecule has 1 amide bonds. The number of hydrogen-bond donors (Lipinski definition) is 4. The molecule has 0 aromatic heterocycles. The van der Waals surface area contributed by atoms with Crippen LogP contribution in [0.15, 0.2) is 118 Å². The van der Waals surface area contributed by atoms with Gasteiger partial charge in [0.1, 0.15) is 26.4 Å². The lowest BCUT2D eigenvalue weighted by Crippen LogP contribution is -2.29. The number of hydrogen-bond acceptors (Lipinski definition) is 20. The molecule has 1 saturated carbocycles. The molecule has 1 aliphatic heterocycles. The van der Waals surface area contributed by atoms with Crippen molar-refractivity contribution in [3.05, 3.63) is 125 Å². The van der Waals surface area contributed by atoms with E-state index in [1.54, 1.807) is 64.5 Å². The lowest BCUT2D eigenvalue weighted by molar-refractivity contribution is -0.155. The van der Waals surface area contributed by atoms with E-state index in [2.05, 4.69) is 19.1 Å². The summed E-state index contributed by atoms with van der Waals surface area (Å²) in [6.07, 6.45) is 8.10. The molecule has 0 spiro atoms. The molecule has 5 N–H and O–H groups in total. The van der Waals surface area contributed by atoms with E-state index < -0.39 is 71.9 Å². The first-order chi connectivity index (χ1) is 46.4. The van der Waals surface area contributed by atoms with E-state index in [1.165, 1.54) is 61.9 Å². The fourth-order valence-electron chi connectivity index (χ4n) is 10.8. The number of rotatable bonds is 41. The minimum absolute atomic E-state index is 0.0307. The van der Waals surface area contributed by atoms with E-state index in [0.29, 0.717) is 64.8 Å². The maximum atomic E-state index is 12.9. The van der Waals surface area contributed by atoms with Gasteiger partial charge >= 0.3 is 23.9 Å². The highest BCUT2D eigenvalue weighted by molar-refractivity contribution is 7.86. The molecule has 1 heterocycles. The Morgan fingerprint density at radius 3 is 1.14 bits per heavy atom. The number of nitrogens with two attached hydrogens (primary N) is 1. The van der Waals surface area contributed by atoms with Crippen molar-refractivity contribution in [2.24, 2.45) is 41.2 Å². The van der Waals surface area contributed by atoms with Crippen LogP contribution in [-0.4, -0.2) is 156 Å². The van der Waals surface area contributed by atoms with Gasteiger partial charge in [0.15, 0.2) is 6.29 Å². The van der Waals surface area contributed by atoms with Gasteiger partial charge < -0.3 is 48.4 Å². The zero-order chi connectivity index (χ0) is 73.0. The van der Waals surface area contributed by atoms with E-state index >= 15 is 0 Å². The van der Waals surface area contributed by atoms with Gasteiger partial charge in [0, 0.05) is 33.9 Å². The quantitative estimate of drug-likeness (QED) is 0.0105. The normalized spacial score (nSPS) is 16.3. The first-order valence-corrected chi connectivity index (χ1v) is 37.7. The summed E-state index contributed by atoms with van der Waals surface area (Å²) in [6.45, 7) is 16.5. The number of carbonyl (C=O) groups excluding carboxylic acids is 5. The fourth-order valence-corrected chi connectivity index (χ4v) is 12.3. The van der Waals surface area contributed by atoms with Gasteiger partial charge in [0.25, 0.3) is 30.4 Å². The van der Waals surface area contributed by atoms with Crippen molar-refractivity contribution in [1.82, 2.24) is 0 Å². The highest BCUT2D eigenvalue weighted by atomic mass is 32.2. The van der Waals surface area contributed by atoms with Gasteiger partial charge in [0.2, 0.25) is 5.91 Å². The van der Waals surface area contributed by atoms with Crippen LogP contribution < -0.4 is 5.73 Å². The molecule has 27 heteroatoms. The van der Waals surface area contributed by atoms with Gasteiger partial charge in [-0.15, -0.1) is 0 Å². The highest BCUT2D eigenvalue weighted by Crippen LogP contribution is 2.36. The lowest BCUT2D eigenvalue weighted by Gasteiger charge is -2.25. The van der Waals surface area contributed by atoms with Crippen molar-refractivity contribution in [3.8, 4) is 0 Å². The number of benzene rings is 4. The molecule has 2 aliphatic rings. The molecule has 0 bridgehead atoms. The summed E-state index contributed by atoms with van der Waals surface area (Å²) in [6, 6.07) is 28.0. The molecule has 1 aliphatic carbocycles. The molecule has 10 unspecified atom stereocenters. The third-order valence-electron chi connectivity index (χ3n) is 16.8. The van der Waals surface area contributed by atoms with Crippen LogP contribution in [0, 0.1) is 35.5 Å². The predicted molar refractivity (Wildman–Crippen MR) is 367 cm³/mol. The van der Waals surface area contributed by atoms with Crippen LogP contribution in [0.1, 0.15) is 171 Å². The molecule has 6 rings (SSSR count). The molecule has 24 nitrogen and oxygen atoms in total. The Hall–Kier alpha value is -6.24. The number of primary amides is 1. The smallest absolute Gasteiger partial charge is 0.309 e. The number of esters is 4. The lowest BCUT2D eigenvalue weighted by atomic mass is 9.81. The van der Waals surface area contributed by atoms with Gasteiger partial charge in [-0.2, -0.15) is 25.3 Å². The Morgan fingerprint density at radius 2 is 0.816 bits per heavy atom. The van der Waals surface area contributed by atoms with Crippen molar-refractivity contribution < 1.29 is 106 Å². The minimum atomic E-state index is -4.29. The number of methoxy groups -OCH3 is 3. The van der Waals surface area contributed by atoms with E-state index in [0.717, 1.165) is 42.1 Å². The van der Waals surface area contributed by atoms with Crippen molar-refractivity contribution in [3.63, 3.8) is 0 Å². The van der Waals surface area contributed by atoms with Gasteiger partial charge in [-0.1, -0.05) is 115 Å². The Labute approximate surface area is 580 Å². The van der Waals surface area contributed by atoms with E-state index in [9.17, 15) is 58.3 Å². The number of epoxide rings is 1. The van der Waals surface area contributed by atoms with Gasteiger partial charge in [-0.05, 0) is 165 Å². The van der Waals surface area contributed by atoms with Crippen molar-refractivity contribution in [2.45, 2.75) is 170 Å². The average molecular weight is 1440 g/mol. The van der Waals surface area contributed by atoms with E-state index in [1.807, 2.05) is 45.9 Å². The van der Waals surface area contributed by atoms with Crippen LogP contribution in [0.4, 0.5) is 0 Å². The summed E-state index contributed by atoms with van der Waals surface area (Å²) in [5.74, 6) is -3.25. The molecule has 10 atom stereocenters. The molecule has 550 valence electrons. The molecule has 4 aromatic rings. The first-order valence-electron chi connectivity index (χ1n) is 33.4. The minimum Gasteiger partial charge on any atom is -0.465 e. The van der Waals surface area contributed by atoms with Gasteiger partial charge in [-0.25, -0.2) is 0 Å². The standard InChI is InChI=1S/C24H32O6S.C23H34O10S.C19H29NO6S.C5H10O/c1-4-19(21-10-12-23(13-11-21)31(26,27)28)17-22(24(25)30-15-14-29-3)16-18(2)20-8-6-5-7-9-20;1-4-17(18-5-7-20(8-6-18)34(26,27)28)14-19(23(25)32-10-9-29-3)13-16(2)22(24)31-12-11-30-21-15-33-21;1-4-10-26-19(22)13(3)11-16(18(20)21)12-14(5-2)15-6-8-17(9-7-15)27(23,24)25;1-6-4-5-2-3-5/h5-13,18-19,22H,4,14-17H2,1-3H3,(H,26,27,28);5-8,16-17,19,21H,4,9-15H2,1-3H3,(H,26,27,28);6-9,13-14,16H,4-5,10-12H2,1-3H3,(H2,20,21)(H,23,24,25);5H,2-4H2,1H3. The van der Waals surface area contributed by atoms with Crippen LogP contribution in [0.2, 0.25) is 0 Å². The number of ether oxygens (including phenoxy) is 9. The van der Waals surface area contributed by atoms with Crippen LogP contribution in [0.25, 0.3) is 0 Å². The topological polar surface area (TPSA) is 361 Å². The maximum Gasteiger partial charge on any atom is 0.309 e. The number of amides is 1. The second-order valence-electron chi connectivity index (χ2n) is 24.7. The second kappa shape index (κ2) is 44.8. The summed E-state index contributed by atoms with van der Waals surface area (Å²) in [5.41, 5.74) is 9.30. The third kappa shape index (κ3) is 33.3. The highest BCUT2D eigenvalue weighted by Gasteiger charge is 2.32. The Balaban J connectivity index is 0.000000367. The summed E-state index contributed by atoms with van der Waals surface area (Å²) in [5, 5.41) is 0. The number of carbonyl (C=O) groups is 5. The van der Waals surface area contributed by atoms with E-state index in [-0.39, 0.29) is 102 Å². The Bertz CT molecular complexity index is 3330. The molecule has 0 radical (unpaired) electrons. The van der Waals surface area contributed by atoms with Crippen LogP contribution >= 0.6 is 0 Å². The molecular formula is C71H105NO23S3. The third-order valence-corrected chi connectivity index (χ3v) is 19.4. The zero-order valence-corrected chi connectivity index (χ0v) is 60.8. The second-order valence-corrected chi connectivity index (χ2v) is 28.9. The first kappa shape index (κ1) is 86.0. The summed E-state index contributed by atoms with van der Waals surface area (Å²) in [4.78, 5) is 61.4. The summed E-state index contributed by atoms with van der Waals surface area (Å²) in [7, 11) is -7.94. The largest absolute Gasteiger partial charge is 0.465 e. The van der Waals surface area contributed by atoms with Crippen molar-refractivity contribution in [2.75, 3.05) is 80.8 Å². The van der Waals surface area contributed by atoms with Crippen molar-refractivity contribution >= 4 is 60.1 Å². The van der Waals surface area contributed by atoms with E-state index in [4.69, 9.17) is 52.9 Å². The Morgan fingerprint density at radius 1 is 0.459 bits per heavy atom.